The van der Waals surface area contributed by atoms with Gasteiger partial charge in [0.15, 0.2) is 0 Å². The minimum atomic E-state index is 0.536. The quantitative estimate of drug-likeness (QED) is 0.515. The molecule has 1 aromatic carbocycles. The third-order valence-corrected chi connectivity index (χ3v) is 5.29. The van der Waals surface area contributed by atoms with E-state index in [1.54, 1.807) is 4.68 Å². The SMILES string of the molecule is Cc1nc(C)n(-c2ccc(Nc3nc(-c4cnn(C)c4)cc(N4CCOCC4)n3)cc2)n1. The van der Waals surface area contributed by atoms with E-state index in [4.69, 9.17) is 14.7 Å². The monoisotopic (exact) mass is 431 g/mol. The molecule has 0 saturated carbocycles. The van der Waals surface area contributed by atoms with Crippen LogP contribution in [-0.4, -0.2) is 60.8 Å². The van der Waals surface area contributed by atoms with Gasteiger partial charge >= 0.3 is 0 Å². The summed E-state index contributed by atoms with van der Waals surface area (Å²) in [4.78, 5) is 16.1. The largest absolute Gasteiger partial charge is 0.378 e. The van der Waals surface area contributed by atoms with Gasteiger partial charge in [-0.05, 0) is 38.1 Å². The van der Waals surface area contributed by atoms with Crippen LogP contribution in [0.25, 0.3) is 16.9 Å². The van der Waals surface area contributed by atoms with Crippen LogP contribution in [0.3, 0.4) is 0 Å². The molecule has 10 nitrogen and oxygen atoms in total. The minimum absolute atomic E-state index is 0.536. The lowest BCUT2D eigenvalue weighted by Gasteiger charge is -2.28. The van der Waals surface area contributed by atoms with E-state index in [0.29, 0.717) is 19.2 Å². The maximum absolute atomic E-state index is 5.50. The summed E-state index contributed by atoms with van der Waals surface area (Å²) < 4.78 is 9.10. The fraction of sp³-hybridized carbons (Fsp3) is 0.318. The number of hydrogen-bond acceptors (Lipinski definition) is 8. The molecule has 32 heavy (non-hydrogen) atoms. The number of aryl methyl sites for hydroxylation is 3. The molecule has 1 N–H and O–H groups in total. The number of rotatable bonds is 5. The normalized spacial score (nSPS) is 14.0. The number of aromatic nitrogens is 7. The number of nitrogens with zero attached hydrogens (tertiary/aromatic N) is 8. The molecule has 1 aliphatic heterocycles. The Morgan fingerprint density at radius 2 is 1.78 bits per heavy atom. The van der Waals surface area contributed by atoms with Crippen molar-refractivity contribution in [1.29, 1.82) is 0 Å². The third kappa shape index (κ3) is 4.17. The van der Waals surface area contributed by atoms with Crippen molar-refractivity contribution in [3.05, 3.63) is 54.4 Å². The number of morpholine rings is 1. The fourth-order valence-corrected chi connectivity index (χ4v) is 3.73. The van der Waals surface area contributed by atoms with Crippen molar-refractivity contribution in [3.8, 4) is 16.9 Å². The molecule has 0 unspecified atom stereocenters. The molecule has 1 aliphatic rings. The van der Waals surface area contributed by atoms with E-state index in [0.717, 1.165) is 53.2 Å². The Morgan fingerprint density at radius 3 is 2.44 bits per heavy atom. The van der Waals surface area contributed by atoms with Gasteiger partial charge in [-0.3, -0.25) is 4.68 Å². The first kappa shape index (κ1) is 20.1. The van der Waals surface area contributed by atoms with Gasteiger partial charge in [-0.1, -0.05) is 0 Å². The smallest absolute Gasteiger partial charge is 0.229 e. The molecule has 0 radical (unpaired) electrons. The molecule has 1 fully saturated rings. The predicted octanol–water partition coefficient (Wildman–Crippen LogP) is 2.65. The summed E-state index contributed by atoms with van der Waals surface area (Å²) in [6.45, 7) is 6.81. The van der Waals surface area contributed by atoms with E-state index in [-0.39, 0.29) is 0 Å². The zero-order valence-corrected chi connectivity index (χ0v) is 18.4. The highest BCUT2D eigenvalue weighted by Crippen LogP contribution is 2.25. The molecule has 4 heterocycles. The van der Waals surface area contributed by atoms with Gasteiger partial charge in [0, 0.05) is 43.7 Å². The van der Waals surface area contributed by atoms with E-state index in [2.05, 4.69) is 25.4 Å². The first-order valence-corrected chi connectivity index (χ1v) is 10.5. The molecule has 0 amide bonds. The topological polar surface area (TPSA) is 98.8 Å². The fourth-order valence-electron chi connectivity index (χ4n) is 3.73. The van der Waals surface area contributed by atoms with Crippen molar-refractivity contribution in [2.45, 2.75) is 13.8 Å². The van der Waals surface area contributed by atoms with Crippen LogP contribution >= 0.6 is 0 Å². The summed E-state index contributed by atoms with van der Waals surface area (Å²) in [6.07, 6.45) is 3.76. The predicted molar refractivity (Wildman–Crippen MR) is 121 cm³/mol. The van der Waals surface area contributed by atoms with E-state index >= 15 is 0 Å². The summed E-state index contributed by atoms with van der Waals surface area (Å²) in [5.41, 5.74) is 3.61. The number of ether oxygens (including phenoxy) is 1. The summed E-state index contributed by atoms with van der Waals surface area (Å²) >= 11 is 0. The third-order valence-electron chi connectivity index (χ3n) is 5.29. The average molecular weight is 432 g/mol. The van der Waals surface area contributed by atoms with Crippen LogP contribution in [0, 0.1) is 13.8 Å². The van der Waals surface area contributed by atoms with Crippen molar-refractivity contribution in [2.24, 2.45) is 7.05 Å². The minimum Gasteiger partial charge on any atom is -0.378 e. The Kier molecular flexibility index (Phi) is 5.28. The van der Waals surface area contributed by atoms with Gasteiger partial charge in [0.25, 0.3) is 0 Å². The number of nitrogens with one attached hydrogen (secondary N) is 1. The molecule has 0 bridgehead atoms. The Morgan fingerprint density at radius 1 is 1.00 bits per heavy atom. The Labute approximate surface area is 185 Å². The lowest BCUT2D eigenvalue weighted by molar-refractivity contribution is 0.122. The lowest BCUT2D eigenvalue weighted by Crippen LogP contribution is -2.36. The summed E-state index contributed by atoms with van der Waals surface area (Å²) in [5, 5.41) is 12.1. The standard InChI is InChI=1S/C22H25N9O/c1-15-24-16(2)31(28-15)19-6-4-18(5-7-19)25-22-26-20(17-13-23-29(3)14-17)12-21(27-22)30-8-10-32-11-9-30/h4-7,12-14H,8-11H2,1-3H3,(H,25,26,27). The average Bonchev–Trinajstić information content (AvgIpc) is 3.39. The second-order valence-electron chi connectivity index (χ2n) is 7.73. The molecule has 3 aromatic heterocycles. The van der Waals surface area contributed by atoms with E-state index in [9.17, 15) is 0 Å². The maximum Gasteiger partial charge on any atom is 0.229 e. The van der Waals surface area contributed by atoms with Gasteiger partial charge < -0.3 is 15.0 Å². The summed E-state index contributed by atoms with van der Waals surface area (Å²) in [7, 11) is 1.90. The van der Waals surface area contributed by atoms with Crippen LogP contribution in [0.4, 0.5) is 17.5 Å². The molecular weight excluding hydrogens is 406 g/mol. The second kappa shape index (κ2) is 8.39. The zero-order valence-electron chi connectivity index (χ0n) is 18.4. The van der Waals surface area contributed by atoms with Gasteiger partial charge in [-0.15, -0.1) is 0 Å². The first-order chi connectivity index (χ1) is 15.5. The van der Waals surface area contributed by atoms with Crippen LogP contribution in [0.15, 0.2) is 42.7 Å². The van der Waals surface area contributed by atoms with Crippen molar-refractivity contribution < 1.29 is 4.74 Å². The summed E-state index contributed by atoms with van der Waals surface area (Å²) in [5.74, 6) is 3.01. The molecule has 0 aliphatic carbocycles. The number of benzene rings is 1. The van der Waals surface area contributed by atoms with Crippen LogP contribution < -0.4 is 10.2 Å². The molecule has 164 valence electrons. The van der Waals surface area contributed by atoms with Crippen LogP contribution in [-0.2, 0) is 11.8 Å². The van der Waals surface area contributed by atoms with Gasteiger partial charge in [0.2, 0.25) is 5.95 Å². The first-order valence-electron chi connectivity index (χ1n) is 10.5. The van der Waals surface area contributed by atoms with Crippen molar-refractivity contribution >= 4 is 17.5 Å². The molecule has 10 heteroatoms. The van der Waals surface area contributed by atoms with Crippen molar-refractivity contribution in [3.63, 3.8) is 0 Å². The Bertz CT molecular complexity index is 1220. The van der Waals surface area contributed by atoms with Gasteiger partial charge in [-0.2, -0.15) is 15.2 Å². The molecule has 0 spiro atoms. The molecular formula is C22H25N9O. The molecule has 5 rings (SSSR count). The molecule has 0 atom stereocenters. The molecule has 1 saturated heterocycles. The van der Waals surface area contributed by atoms with Gasteiger partial charge in [0.1, 0.15) is 17.5 Å². The Balaban J connectivity index is 1.45. The Hall–Kier alpha value is -3.79. The number of anilines is 3. The van der Waals surface area contributed by atoms with Gasteiger partial charge in [-0.25, -0.2) is 14.6 Å². The van der Waals surface area contributed by atoms with Crippen LogP contribution in [0.1, 0.15) is 11.6 Å². The van der Waals surface area contributed by atoms with Crippen LogP contribution in [0.2, 0.25) is 0 Å². The van der Waals surface area contributed by atoms with E-state index in [1.165, 1.54) is 0 Å². The number of hydrogen-bond donors (Lipinski definition) is 1. The van der Waals surface area contributed by atoms with Crippen molar-refractivity contribution in [1.82, 2.24) is 34.5 Å². The highest BCUT2D eigenvalue weighted by Gasteiger charge is 2.16. The maximum atomic E-state index is 5.50. The zero-order chi connectivity index (χ0) is 22.1. The highest BCUT2D eigenvalue weighted by atomic mass is 16.5. The van der Waals surface area contributed by atoms with E-state index < -0.39 is 0 Å². The van der Waals surface area contributed by atoms with E-state index in [1.807, 2.05) is 68.3 Å². The van der Waals surface area contributed by atoms with Gasteiger partial charge in [0.05, 0.1) is 30.8 Å². The highest BCUT2D eigenvalue weighted by molar-refractivity contribution is 5.66. The lowest BCUT2D eigenvalue weighted by atomic mass is 10.2. The molecule has 4 aromatic rings. The summed E-state index contributed by atoms with van der Waals surface area (Å²) in [6, 6.07) is 9.97. The van der Waals surface area contributed by atoms with Crippen molar-refractivity contribution in [2.75, 3.05) is 36.5 Å². The van der Waals surface area contributed by atoms with Crippen LogP contribution in [0.5, 0.6) is 0 Å². The second-order valence-corrected chi connectivity index (χ2v) is 7.73.